The van der Waals surface area contributed by atoms with Crippen molar-refractivity contribution in [2.24, 2.45) is 5.92 Å². The Hall–Kier alpha value is -1.82. The van der Waals surface area contributed by atoms with Gasteiger partial charge in [0.2, 0.25) is 0 Å². The van der Waals surface area contributed by atoms with Crippen LogP contribution in [0.3, 0.4) is 0 Å². The van der Waals surface area contributed by atoms with E-state index in [4.69, 9.17) is 11.6 Å². The van der Waals surface area contributed by atoms with E-state index in [2.05, 4.69) is 4.98 Å². The molecule has 0 atom stereocenters. The van der Waals surface area contributed by atoms with Crippen LogP contribution in [-0.2, 0) is 6.42 Å². The minimum Gasteiger partial charge on any atom is -0.269 e. The van der Waals surface area contributed by atoms with Gasteiger partial charge in [-0.1, -0.05) is 18.5 Å². The van der Waals surface area contributed by atoms with Gasteiger partial charge < -0.3 is 0 Å². The summed E-state index contributed by atoms with van der Waals surface area (Å²) in [4.78, 5) is 17.8. The van der Waals surface area contributed by atoms with Crippen LogP contribution in [0.5, 0.6) is 0 Å². The molecule has 1 aromatic carbocycles. The first-order chi connectivity index (χ1) is 12.7. The smallest absolute Gasteiger partial charge is 0.269 e. The van der Waals surface area contributed by atoms with Crippen molar-refractivity contribution in [3.63, 3.8) is 0 Å². The monoisotopic (exact) mass is 398 g/mol. The molecule has 2 aromatic rings. The summed E-state index contributed by atoms with van der Waals surface area (Å²) in [5, 5.41) is 0.551. The van der Waals surface area contributed by atoms with E-state index in [0.717, 1.165) is 0 Å². The van der Waals surface area contributed by atoms with Crippen molar-refractivity contribution in [1.29, 1.82) is 0 Å². The number of nitrogens with zero attached hydrogens (tertiary/aromatic N) is 2. The average Bonchev–Trinajstić information content (AvgIpc) is 2.62. The van der Waals surface area contributed by atoms with Gasteiger partial charge in [-0.05, 0) is 63.3 Å². The van der Waals surface area contributed by atoms with Crippen LogP contribution in [-0.4, -0.2) is 15.7 Å². The second kappa shape index (κ2) is 7.66. The molecule has 1 fully saturated rings. The molecule has 1 aromatic heterocycles. The van der Waals surface area contributed by atoms with E-state index in [0.29, 0.717) is 47.1 Å². The number of alkyl halides is 3. The third kappa shape index (κ3) is 4.05. The number of benzene rings is 1. The first-order valence-corrected chi connectivity index (χ1v) is 9.55. The van der Waals surface area contributed by atoms with E-state index in [-0.39, 0.29) is 24.3 Å². The topological polar surface area (TPSA) is 34.9 Å². The molecule has 1 saturated carbocycles. The van der Waals surface area contributed by atoms with Crippen LogP contribution in [0.2, 0.25) is 5.02 Å². The molecule has 7 heteroatoms. The number of rotatable bonds is 3. The minimum absolute atomic E-state index is 0.0687. The summed E-state index contributed by atoms with van der Waals surface area (Å²) >= 11 is 5.96. The van der Waals surface area contributed by atoms with Gasteiger partial charge in [0.1, 0.15) is 5.82 Å². The van der Waals surface area contributed by atoms with E-state index in [9.17, 15) is 18.0 Å². The van der Waals surface area contributed by atoms with Crippen LogP contribution in [0.15, 0.2) is 29.1 Å². The maximum absolute atomic E-state index is 13.1. The van der Waals surface area contributed by atoms with Crippen LogP contribution < -0.4 is 5.56 Å². The van der Waals surface area contributed by atoms with Gasteiger partial charge in [0, 0.05) is 22.2 Å². The predicted molar refractivity (Wildman–Crippen MR) is 99.7 cm³/mol. The van der Waals surface area contributed by atoms with Crippen LogP contribution in [0.1, 0.15) is 55.6 Å². The Morgan fingerprint density at radius 3 is 2.26 bits per heavy atom. The summed E-state index contributed by atoms with van der Waals surface area (Å²) in [6.45, 7) is 3.68. The lowest BCUT2D eigenvalue weighted by atomic mass is 9.81. The molecule has 0 amide bonds. The van der Waals surface area contributed by atoms with Gasteiger partial charge >= 0.3 is 6.18 Å². The summed E-state index contributed by atoms with van der Waals surface area (Å²) in [5.74, 6) is -0.880. The molecule has 1 aliphatic rings. The summed E-state index contributed by atoms with van der Waals surface area (Å²) in [5.41, 5.74) is 1.76. The highest BCUT2D eigenvalue weighted by atomic mass is 35.5. The van der Waals surface area contributed by atoms with Gasteiger partial charge in [-0.15, -0.1) is 0 Å². The zero-order valence-corrected chi connectivity index (χ0v) is 16.1. The van der Waals surface area contributed by atoms with E-state index in [1.54, 1.807) is 35.8 Å². The van der Waals surface area contributed by atoms with E-state index in [1.165, 1.54) is 0 Å². The molecule has 1 heterocycles. The molecule has 27 heavy (non-hydrogen) atoms. The van der Waals surface area contributed by atoms with Crippen molar-refractivity contribution < 1.29 is 13.2 Å². The fourth-order valence-corrected chi connectivity index (χ4v) is 4.01. The van der Waals surface area contributed by atoms with E-state index >= 15 is 0 Å². The highest BCUT2D eigenvalue weighted by Gasteiger charge is 2.42. The SMILES string of the molecule is CCc1c(C)nc(C2CCC(C(F)(F)F)CC2)n(-c2ccc(Cl)cc2)c1=O. The second-order valence-corrected chi connectivity index (χ2v) is 7.53. The van der Waals surface area contributed by atoms with Gasteiger partial charge in [0.25, 0.3) is 5.56 Å². The lowest BCUT2D eigenvalue weighted by Crippen LogP contribution is -2.32. The lowest BCUT2D eigenvalue weighted by molar-refractivity contribution is -0.182. The van der Waals surface area contributed by atoms with Crippen molar-refractivity contribution in [1.82, 2.24) is 9.55 Å². The zero-order valence-electron chi connectivity index (χ0n) is 15.3. The van der Waals surface area contributed by atoms with E-state index in [1.807, 2.05) is 6.92 Å². The Balaban J connectivity index is 2.05. The van der Waals surface area contributed by atoms with Crippen LogP contribution in [0.4, 0.5) is 13.2 Å². The summed E-state index contributed by atoms with van der Waals surface area (Å²) in [7, 11) is 0. The van der Waals surface area contributed by atoms with Crippen LogP contribution >= 0.6 is 11.6 Å². The summed E-state index contributed by atoms with van der Waals surface area (Å²) < 4.78 is 40.5. The second-order valence-electron chi connectivity index (χ2n) is 7.09. The molecule has 0 aliphatic heterocycles. The molecule has 0 N–H and O–H groups in total. The molecular formula is C20H22ClF3N2O. The molecule has 0 radical (unpaired) electrons. The summed E-state index contributed by atoms with van der Waals surface area (Å²) in [6, 6.07) is 6.87. The van der Waals surface area contributed by atoms with Crippen molar-refractivity contribution in [2.45, 2.75) is 58.0 Å². The average molecular weight is 399 g/mol. The Bertz CT molecular complexity index is 867. The van der Waals surface area contributed by atoms with Gasteiger partial charge in [-0.2, -0.15) is 13.2 Å². The third-order valence-corrected chi connectivity index (χ3v) is 5.65. The van der Waals surface area contributed by atoms with Crippen molar-refractivity contribution in [2.75, 3.05) is 0 Å². The highest BCUT2D eigenvalue weighted by Crippen LogP contribution is 2.42. The Kier molecular flexibility index (Phi) is 5.65. The molecule has 0 bridgehead atoms. The van der Waals surface area contributed by atoms with Crippen molar-refractivity contribution in [3.8, 4) is 5.69 Å². The number of aryl methyl sites for hydroxylation is 1. The Morgan fingerprint density at radius 2 is 1.74 bits per heavy atom. The lowest BCUT2D eigenvalue weighted by Gasteiger charge is -2.31. The number of hydrogen-bond donors (Lipinski definition) is 0. The minimum atomic E-state index is -4.16. The first kappa shape index (κ1) is 19.9. The molecule has 3 rings (SSSR count). The molecule has 0 unspecified atom stereocenters. The molecule has 146 valence electrons. The highest BCUT2D eigenvalue weighted by molar-refractivity contribution is 6.30. The zero-order chi connectivity index (χ0) is 19.8. The van der Waals surface area contributed by atoms with Crippen molar-refractivity contribution in [3.05, 3.63) is 56.7 Å². The number of halogens is 4. The van der Waals surface area contributed by atoms with Gasteiger partial charge in [0.05, 0.1) is 11.6 Å². The quantitative estimate of drug-likeness (QED) is 0.675. The molecule has 0 saturated heterocycles. The van der Waals surface area contributed by atoms with Crippen molar-refractivity contribution >= 4 is 11.6 Å². The third-order valence-electron chi connectivity index (χ3n) is 5.40. The predicted octanol–water partition coefficient (Wildman–Crippen LogP) is 5.59. The Morgan fingerprint density at radius 1 is 1.15 bits per heavy atom. The van der Waals surface area contributed by atoms with Gasteiger partial charge in [0.15, 0.2) is 0 Å². The maximum Gasteiger partial charge on any atom is 0.391 e. The summed E-state index contributed by atoms with van der Waals surface area (Å²) in [6.07, 6.45) is -2.73. The normalized spacial score (nSPS) is 20.7. The van der Waals surface area contributed by atoms with Gasteiger partial charge in [-0.3, -0.25) is 9.36 Å². The molecule has 3 nitrogen and oxygen atoms in total. The molecule has 1 aliphatic carbocycles. The number of aromatic nitrogens is 2. The first-order valence-electron chi connectivity index (χ1n) is 9.17. The fraction of sp³-hybridized carbons (Fsp3) is 0.500. The Labute approximate surface area is 161 Å². The van der Waals surface area contributed by atoms with Crippen LogP contribution in [0.25, 0.3) is 5.69 Å². The molecular weight excluding hydrogens is 377 g/mol. The largest absolute Gasteiger partial charge is 0.391 e. The van der Waals surface area contributed by atoms with E-state index < -0.39 is 12.1 Å². The number of hydrogen-bond acceptors (Lipinski definition) is 2. The van der Waals surface area contributed by atoms with Gasteiger partial charge in [-0.25, -0.2) is 4.98 Å². The standard InChI is InChI=1S/C20H22ClF3N2O/c1-3-17-12(2)25-18(13-4-6-14(7-5-13)20(22,23)24)26(19(17)27)16-10-8-15(21)9-11-16/h8-11,13-14H,3-7H2,1-2H3. The van der Waals surface area contributed by atoms with Crippen LogP contribution in [0, 0.1) is 12.8 Å². The fourth-order valence-electron chi connectivity index (χ4n) is 3.88. The molecule has 0 spiro atoms. The maximum atomic E-state index is 13.1.